The number of carbonyl (C=O) groups is 2. The largest absolute Gasteiger partial charge is 0.508 e. The van der Waals surface area contributed by atoms with E-state index in [9.17, 15) is 19.8 Å². The molecule has 1 aromatic carbocycles. The first-order chi connectivity index (χ1) is 12.0. The Morgan fingerprint density at radius 2 is 1.92 bits per heavy atom. The van der Waals surface area contributed by atoms with Gasteiger partial charge in [-0.2, -0.15) is 0 Å². The van der Waals surface area contributed by atoms with E-state index in [2.05, 4.69) is 4.98 Å². The van der Waals surface area contributed by atoms with Gasteiger partial charge in [0.25, 0.3) is 11.7 Å². The van der Waals surface area contributed by atoms with E-state index in [1.54, 1.807) is 24.3 Å². The summed E-state index contributed by atoms with van der Waals surface area (Å²) in [6.07, 6.45) is 3.67. The molecule has 1 aliphatic heterocycles. The zero-order chi connectivity index (χ0) is 18.0. The van der Waals surface area contributed by atoms with Gasteiger partial charge in [-0.3, -0.25) is 14.6 Å². The van der Waals surface area contributed by atoms with Crippen LogP contribution in [-0.2, 0) is 9.59 Å². The van der Waals surface area contributed by atoms with Crippen molar-refractivity contribution in [3.8, 4) is 5.75 Å². The topological polar surface area (TPSA) is 90.7 Å². The Hall–Kier alpha value is -3.15. The zero-order valence-electron chi connectivity index (χ0n) is 13.7. The van der Waals surface area contributed by atoms with Crippen molar-refractivity contribution in [2.45, 2.75) is 19.4 Å². The predicted octanol–water partition coefficient (Wildman–Crippen LogP) is 2.62. The molecule has 6 heteroatoms. The van der Waals surface area contributed by atoms with Crippen LogP contribution in [0.3, 0.4) is 0 Å². The van der Waals surface area contributed by atoms with Gasteiger partial charge in [-0.15, -0.1) is 0 Å². The fourth-order valence-electron chi connectivity index (χ4n) is 3.06. The number of benzene rings is 1. The number of hydrogen-bond donors (Lipinski definition) is 2. The molecule has 0 spiro atoms. The molecule has 25 heavy (non-hydrogen) atoms. The lowest BCUT2D eigenvalue weighted by molar-refractivity contribution is -0.139. The summed E-state index contributed by atoms with van der Waals surface area (Å²) in [5.74, 6) is -1.59. The normalized spacial score (nSPS) is 19.4. The highest BCUT2D eigenvalue weighted by atomic mass is 16.3. The van der Waals surface area contributed by atoms with Crippen LogP contribution in [0, 0.1) is 0 Å². The Morgan fingerprint density at radius 1 is 1.20 bits per heavy atom. The Morgan fingerprint density at radius 3 is 2.56 bits per heavy atom. The minimum Gasteiger partial charge on any atom is -0.508 e. The average molecular weight is 338 g/mol. The van der Waals surface area contributed by atoms with Gasteiger partial charge in [-0.05, 0) is 36.2 Å². The molecule has 3 rings (SSSR count). The zero-order valence-corrected chi connectivity index (χ0v) is 13.7. The molecule has 1 atom stereocenters. The van der Waals surface area contributed by atoms with Gasteiger partial charge in [-0.1, -0.05) is 19.1 Å². The molecular weight excluding hydrogens is 320 g/mol. The fourth-order valence-corrected chi connectivity index (χ4v) is 3.06. The monoisotopic (exact) mass is 338 g/mol. The predicted molar refractivity (Wildman–Crippen MR) is 91.6 cm³/mol. The quantitative estimate of drug-likeness (QED) is 0.508. The van der Waals surface area contributed by atoms with Crippen LogP contribution < -0.4 is 0 Å². The first kappa shape index (κ1) is 16.7. The molecule has 2 N–H and O–H groups in total. The number of phenols is 1. The molecule has 1 fully saturated rings. The maximum atomic E-state index is 12.6. The number of aromatic nitrogens is 1. The summed E-state index contributed by atoms with van der Waals surface area (Å²) in [7, 11) is 0. The van der Waals surface area contributed by atoms with Crippen LogP contribution in [0.5, 0.6) is 5.75 Å². The second-order valence-electron chi connectivity index (χ2n) is 5.82. The number of likely N-dealkylation sites (tertiary alicyclic amines) is 1. The molecule has 128 valence electrons. The van der Waals surface area contributed by atoms with Gasteiger partial charge in [0, 0.05) is 24.5 Å². The van der Waals surface area contributed by atoms with Gasteiger partial charge >= 0.3 is 0 Å². The standard InChI is InChI=1S/C19H18N2O4/c1-2-10-21-16(13-4-3-5-14(22)11-13)15(18(24)19(21)25)17(23)12-6-8-20-9-7-12/h3-9,11,16,22-23H,2,10H2,1H3/b17-15-. The number of Topliss-reactive ketones (excluding diaryl/α,β-unsaturated/α-hetero) is 1. The molecule has 1 aromatic heterocycles. The first-order valence-electron chi connectivity index (χ1n) is 8.02. The lowest BCUT2D eigenvalue weighted by Crippen LogP contribution is -2.30. The second-order valence-corrected chi connectivity index (χ2v) is 5.82. The van der Waals surface area contributed by atoms with E-state index in [1.807, 2.05) is 6.92 Å². The number of nitrogens with zero attached hydrogens (tertiary/aromatic N) is 2. The van der Waals surface area contributed by atoms with Gasteiger partial charge in [0.1, 0.15) is 11.5 Å². The van der Waals surface area contributed by atoms with Crippen LogP contribution in [0.1, 0.15) is 30.5 Å². The van der Waals surface area contributed by atoms with Gasteiger partial charge in [0.05, 0.1) is 11.6 Å². The average Bonchev–Trinajstić information content (AvgIpc) is 2.87. The van der Waals surface area contributed by atoms with Gasteiger partial charge in [0.2, 0.25) is 0 Å². The molecular formula is C19H18N2O4. The lowest BCUT2D eigenvalue weighted by atomic mass is 9.95. The molecule has 0 bridgehead atoms. The molecule has 0 aliphatic carbocycles. The number of aliphatic hydroxyl groups excluding tert-OH is 1. The van der Waals surface area contributed by atoms with E-state index in [0.717, 1.165) is 0 Å². The molecule has 2 heterocycles. The number of hydrogen-bond acceptors (Lipinski definition) is 5. The minimum atomic E-state index is -0.736. The summed E-state index contributed by atoms with van der Waals surface area (Å²) in [6, 6.07) is 8.78. The lowest BCUT2D eigenvalue weighted by Gasteiger charge is -2.24. The molecule has 0 saturated carbocycles. The number of phenolic OH excluding ortho intramolecular Hbond substituents is 1. The molecule has 1 unspecified atom stereocenters. The Balaban J connectivity index is 2.20. The van der Waals surface area contributed by atoms with Crippen LogP contribution in [-0.4, -0.2) is 38.3 Å². The number of amides is 1. The van der Waals surface area contributed by atoms with E-state index in [0.29, 0.717) is 24.1 Å². The SMILES string of the molecule is CCCN1C(=O)C(=O)/C(=C(\O)c2ccncc2)C1c1cccc(O)c1. The highest BCUT2D eigenvalue weighted by Gasteiger charge is 2.45. The van der Waals surface area contributed by atoms with Crippen LogP contribution in [0.2, 0.25) is 0 Å². The fraction of sp³-hybridized carbons (Fsp3) is 0.211. The maximum Gasteiger partial charge on any atom is 0.295 e. The third kappa shape index (κ3) is 2.98. The number of aromatic hydroxyl groups is 1. The van der Waals surface area contributed by atoms with Crippen molar-refractivity contribution in [3.05, 3.63) is 65.5 Å². The summed E-state index contributed by atoms with van der Waals surface area (Å²) in [4.78, 5) is 30.4. The van der Waals surface area contributed by atoms with E-state index in [4.69, 9.17) is 0 Å². The highest BCUT2D eigenvalue weighted by molar-refractivity contribution is 6.46. The van der Waals surface area contributed by atoms with Gasteiger partial charge < -0.3 is 15.1 Å². The summed E-state index contributed by atoms with van der Waals surface area (Å²) >= 11 is 0. The second kappa shape index (κ2) is 6.76. The molecule has 2 aromatic rings. The Bertz CT molecular complexity index is 846. The van der Waals surface area contributed by atoms with E-state index in [-0.39, 0.29) is 17.1 Å². The van der Waals surface area contributed by atoms with Crippen molar-refractivity contribution in [1.29, 1.82) is 0 Å². The van der Waals surface area contributed by atoms with Crippen LogP contribution in [0.4, 0.5) is 0 Å². The van der Waals surface area contributed by atoms with Gasteiger partial charge in [0.15, 0.2) is 0 Å². The summed E-state index contributed by atoms with van der Waals surface area (Å²) in [5, 5.41) is 20.5. The van der Waals surface area contributed by atoms with Crippen molar-refractivity contribution in [3.63, 3.8) is 0 Å². The smallest absolute Gasteiger partial charge is 0.295 e. The maximum absolute atomic E-state index is 12.6. The van der Waals surface area contributed by atoms with Crippen molar-refractivity contribution in [1.82, 2.24) is 9.88 Å². The number of pyridine rings is 1. The minimum absolute atomic E-state index is 0.0234. The number of aliphatic hydroxyl groups is 1. The number of rotatable bonds is 4. The Kier molecular flexibility index (Phi) is 4.52. The Labute approximate surface area is 145 Å². The summed E-state index contributed by atoms with van der Waals surface area (Å²) in [5.41, 5.74) is 1.01. The van der Waals surface area contributed by atoms with Gasteiger partial charge in [-0.25, -0.2) is 0 Å². The van der Waals surface area contributed by atoms with Crippen molar-refractivity contribution in [2.75, 3.05) is 6.54 Å². The van der Waals surface area contributed by atoms with E-state index >= 15 is 0 Å². The van der Waals surface area contributed by atoms with E-state index < -0.39 is 17.7 Å². The summed E-state index contributed by atoms with van der Waals surface area (Å²) < 4.78 is 0. The summed E-state index contributed by atoms with van der Waals surface area (Å²) in [6.45, 7) is 2.28. The van der Waals surface area contributed by atoms with Crippen LogP contribution in [0.15, 0.2) is 54.4 Å². The van der Waals surface area contributed by atoms with Crippen molar-refractivity contribution < 1.29 is 19.8 Å². The highest BCUT2D eigenvalue weighted by Crippen LogP contribution is 2.40. The third-order valence-corrected chi connectivity index (χ3v) is 4.14. The molecule has 1 aliphatic rings. The molecule has 6 nitrogen and oxygen atoms in total. The van der Waals surface area contributed by atoms with E-state index in [1.165, 1.54) is 29.4 Å². The molecule has 0 radical (unpaired) electrons. The van der Waals surface area contributed by atoms with Crippen molar-refractivity contribution in [2.24, 2.45) is 0 Å². The molecule has 1 saturated heterocycles. The third-order valence-electron chi connectivity index (χ3n) is 4.14. The number of carbonyl (C=O) groups excluding carboxylic acids is 2. The first-order valence-corrected chi connectivity index (χ1v) is 8.02. The van der Waals surface area contributed by atoms with Crippen molar-refractivity contribution >= 4 is 17.4 Å². The van der Waals surface area contributed by atoms with Crippen LogP contribution >= 0.6 is 0 Å². The van der Waals surface area contributed by atoms with Crippen LogP contribution in [0.25, 0.3) is 5.76 Å². The molecule has 1 amide bonds. The number of ketones is 1.